The van der Waals surface area contributed by atoms with Crippen LogP contribution < -0.4 is 10.2 Å². The molecule has 1 saturated heterocycles. The van der Waals surface area contributed by atoms with E-state index >= 15 is 0 Å². The number of hydrogen-bond donors (Lipinski definition) is 1. The molecule has 17 heavy (non-hydrogen) atoms. The Labute approximate surface area is 103 Å². The smallest absolute Gasteiger partial charge is 0.134 e. The number of nitrogens with zero attached hydrogens (tertiary/aromatic N) is 3. The van der Waals surface area contributed by atoms with Gasteiger partial charge in [0.15, 0.2) is 0 Å². The van der Waals surface area contributed by atoms with Gasteiger partial charge in [0.1, 0.15) is 17.5 Å². The van der Waals surface area contributed by atoms with Crippen molar-refractivity contribution in [1.29, 1.82) is 0 Å². The van der Waals surface area contributed by atoms with Crippen molar-refractivity contribution in [2.75, 3.05) is 23.8 Å². The molecule has 94 valence electrons. The number of nitrogens with one attached hydrogen (secondary N) is 1. The summed E-state index contributed by atoms with van der Waals surface area (Å²) in [6.07, 6.45) is 2.13. The highest BCUT2D eigenvalue weighted by Gasteiger charge is 2.27. The summed E-state index contributed by atoms with van der Waals surface area (Å²) in [6.45, 7) is 7.77. The minimum atomic E-state index is 0.578. The largest absolute Gasteiger partial charge is 0.373 e. The molecular formula is C13H22N4. The molecule has 4 heteroatoms. The van der Waals surface area contributed by atoms with Gasteiger partial charge in [0.2, 0.25) is 0 Å². The number of aromatic nitrogens is 2. The van der Waals surface area contributed by atoms with Crippen LogP contribution in [0.15, 0.2) is 6.07 Å². The molecule has 4 nitrogen and oxygen atoms in total. The fraction of sp³-hybridized carbons (Fsp3) is 0.692. The van der Waals surface area contributed by atoms with Gasteiger partial charge in [-0.1, -0.05) is 13.8 Å². The maximum absolute atomic E-state index is 4.64. The highest BCUT2D eigenvalue weighted by Crippen LogP contribution is 2.28. The van der Waals surface area contributed by atoms with Crippen molar-refractivity contribution in [1.82, 2.24) is 9.97 Å². The van der Waals surface area contributed by atoms with Crippen LogP contribution in [0.25, 0.3) is 0 Å². The molecule has 0 saturated carbocycles. The molecule has 0 spiro atoms. The van der Waals surface area contributed by atoms with Crippen molar-refractivity contribution >= 4 is 11.6 Å². The Morgan fingerprint density at radius 2 is 2.18 bits per heavy atom. The molecular weight excluding hydrogens is 212 g/mol. The number of hydrogen-bond acceptors (Lipinski definition) is 4. The lowest BCUT2D eigenvalue weighted by Gasteiger charge is -2.23. The van der Waals surface area contributed by atoms with Crippen molar-refractivity contribution in [3.05, 3.63) is 11.9 Å². The Morgan fingerprint density at radius 1 is 1.41 bits per heavy atom. The summed E-state index contributed by atoms with van der Waals surface area (Å²) in [5.74, 6) is 3.65. The van der Waals surface area contributed by atoms with Gasteiger partial charge >= 0.3 is 0 Å². The van der Waals surface area contributed by atoms with Crippen LogP contribution in [0.3, 0.4) is 0 Å². The normalized spacial score (nSPS) is 24.1. The van der Waals surface area contributed by atoms with Crippen molar-refractivity contribution in [3.63, 3.8) is 0 Å². The molecule has 2 rings (SSSR count). The summed E-state index contributed by atoms with van der Waals surface area (Å²) in [6, 6.07) is 2.63. The monoisotopic (exact) mass is 234 g/mol. The zero-order valence-corrected chi connectivity index (χ0v) is 11.2. The Morgan fingerprint density at radius 3 is 2.71 bits per heavy atom. The molecule has 1 aliphatic rings. The van der Waals surface area contributed by atoms with E-state index in [9.17, 15) is 0 Å². The van der Waals surface area contributed by atoms with Crippen LogP contribution in [0.5, 0.6) is 0 Å². The first-order valence-electron chi connectivity index (χ1n) is 6.46. The van der Waals surface area contributed by atoms with E-state index in [-0.39, 0.29) is 0 Å². The predicted octanol–water partition coefficient (Wildman–Crippen LogP) is 2.32. The SMILES string of the molecule is CCc1nc(NC)cc(N2CC(C)CC2C)n1. The van der Waals surface area contributed by atoms with Gasteiger partial charge in [0, 0.05) is 32.1 Å². The van der Waals surface area contributed by atoms with Gasteiger partial charge in [-0.3, -0.25) is 0 Å². The third-order valence-corrected chi connectivity index (χ3v) is 3.41. The molecule has 2 unspecified atom stereocenters. The minimum absolute atomic E-state index is 0.578. The second-order valence-corrected chi connectivity index (χ2v) is 4.97. The van der Waals surface area contributed by atoms with Gasteiger partial charge in [0.25, 0.3) is 0 Å². The molecule has 0 bridgehead atoms. The van der Waals surface area contributed by atoms with Crippen LogP contribution in [-0.2, 0) is 6.42 Å². The summed E-state index contributed by atoms with van der Waals surface area (Å²) in [5.41, 5.74) is 0. The fourth-order valence-corrected chi connectivity index (χ4v) is 2.54. The quantitative estimate of drug-likeness (QED) is 0.871. The summed E-state index contributed by atoms with van der Waals surface area (Å²) >= 11 is 0. The lowest BCUT2D eigenvalue weighted by molar-refractivity contribution is 0.625. The van der Waals surface area contributed by atoms with E-state index in [1.165, 1.54) is 6.42 Å². The van der Waals surface area contributed by atoms with Crippen molar-refractivity contribution in [2.45, 2.75) is 39.7 Å². The molecule has 0 radical (unpaired) electrons. The maximum atomic E-state index is 4.64. The van der Waals surface area contributed by atoms with E-state index in [1.54, 1.807) is 0 Å². The Kier molecular flexibility index (Phi) is 3.50. The van der Waals surface area contributed by atoms with E-state index in [2.05, 4.69) is 41.0 Å². The highest BCUT2D eigenvalue weighted by atomic mass is 15.2. The molecule has 2 atom stereocenters. The molecule has 1 N–H and O–H groups in total. The zero-order chi connectivity index (χ0) is 12.4. The first-order chi connectivity index (χ1) is 8.13. The van der Waals surface area contributed by atoms with Crippen LogP contribution in [-0.4, -0.2) is 29.6 Å². The summed E-state index contributed by atoms with van der Waals surface area (Å²) in [5, 5.41) is 3.11. The lowest BCUT2D eigenvalue weighted by atomic mass is 10.1. The van der Waals surface area contributed by atoms with E-state index in [4.69, 9.17) is 0 Å². The molecule has 0 aliphatic carbocycles. The van der Waals surface area contributed by atoms with E-state index in [1.807, 2.05) is 13.1 Å². The van der Waals surface area contributed by atoms with Crippen molar-refractivity contribution < 1.29 is 0 Å². The first kappa shape index (κ1) is 12.1. The summed E-state index contributed by atoms with van der Waals surface area (Å²) in [7, 11) is 1.90. The topological polar surface area (TPSA) is 41.1 Å². The molecule has 0 aromatic carbocycles. The summed E-state index contributed by atoms with van der Waals surface area (Å²) in [4.78, 5) is 11.5. The van der Waals surface area contributed by atoms with Crippen LogP contribution in [0.2, 0.25) is 0 Å². The first-order valence-corrected chi connectivity index (χ1v) is 6.46. The van der Waals surface area contributed by atoms with E-state index in [0.29, 0.717) is 6.04 Å². The maximum Gasteiger partial charge on any atom is 0.134 e. The van der Waals surface area contributed by atoms with Crippen LogP contribution >= 0.6 is 0 Å². The van der Waals surface area contributed by atoms with Crippen molar-refractivity contribution in [3.8, 4) is 0 Å². The average molecular weight is 234 g/mol. The van der Waals surface area contributed by atoms with Crippen LogP contribution in [0.1, 0.15) is 33.0 Å². The Hall–Kier alpha value is -1.32. The Balaban J connectivity index is 2.31. The van der Waals surface area contributed by atoms with Gasteiger partial charge in [-0.05, 0) is 19.3 Å². The number of anilines is 2. The second-order valence-electron chi connectivity index (χ2n) is 4.97. The van der Waals surface area contributed by atoms with Crippen LogP contribution in [0.4, 0.5) is 11.6 Å². The van der Waals surface area contributed by atoms with Gasteiger partial charge in [-0.25, -0.2) is 9.97 Å². The highest BCUT2D eigenvalue weighted by molar-refractivity contribution is 5.50. The Bertz CT molecular complexity index is 369. The standard InChI is InChI=1S/C13H22N4/c1-5-11-15-12(14-4)7-13(16-11)17-8-9(2)6-10(17)3/h7,9-10H,5-6,8H2,1-4H3,(H,14,15,16). The van der Waals surface area contributed by atoms with Crippen molar-refractivity contribution in [2.24, 2.45) is 5.92 Å². The minimum Gasteiger partial charge on any atom is -0.373 e. The molecule has 1 aliphatic heterocycles. The zero-order valence-electron chi connectivity index (χ0n) is 11.2. The third-order valence-electron chi connectivity index (χ3n) is 3.41. The fourth-order valence-electron chi connectivity index (χ4n) is 2.54. The summed E-state index contributed by atoms with van der Waals surface area (Å²) < 4.78 is 0. The molecule has 1 fully saturated rings. The van der Waals surface area contributed by atoms with Gasteiger partial charge in [-0.15, -0.1) is 0 Å². The molecule has 2 heterocycles. The average Bonchev–Trinajstić information content (AvgIpc) is 2.67. The third kappa shape index (κ3) is 2.51. The number of rotatable bonds is 3. The second kappa shape index (κ2) is 4.90. The lowest BCUT2D eigenvalue weighted by Crippen LogP contribution is -2.28. The van der Waals surface area contributed by atoms with Gasteiger partial charge < -0.3 is 10.2 Å². The molecule has 1 aromatic heterocycles. The van der Waals surface area contributed by atoms with Gasteiger partial charge in [0.05, 0.1) is 0 Å². The van der Waals surface area contributed by atoms with E-state index in [0.717, 1.165) is 36.3 Å². The van der Waals surface area contributed by atoms with Gasteiger partial charge in [-0.2, -0.15) is 0 Å². The van der Waals surface area contributed by atoms with E-state index < -0.39 is 0 Å². The predicted molar refractivity (Wildman–Crippen MR) is 71.5 cm³/mol. The molecule has 0 amide bonds. The molecule has 1 aromatic rings. The van der Waals surface area contributed by atoms with Crippen LogP contribution in [0, 0.1) is 5.92 Å². The number of aryl methyl sites for hydroxylation is 1.